The molecule has 0 aliphatic carbocycles. The maximum absolute atomic E-state index is 13.2. The number of hydrogen-bond donors (Lipinski definition) is 1. The van der Waals surface area contributed by atoms with E-state index in [0.717, 1.165) is 10.7 Å². The van der Waals surface area contributed by atoms with Gasteiger partial charge in [-0.2, -0.15) is 18.3 Å². The molecule has 1 saturated heterocycles. The molecular weight excluding hydrogens is 389 g/mol. The summed E-state index contributed by atoms with van der Waals surface area (Å²) in [6.45, 7) is 1.90. The summed E-state index contributed by atoms with van der Waals surface area (Å²) in [6, 6.07) is 7.05. The number of alkyl halides is 3. The van der Waals surface area contributed by atoms with Crippen molar-refractivity contribution in [2.75, 3.05) is 6.54 Å². The minimum Gasteiger partial charge on any atom is -0.346 e. The molecule has 1 fully saturated rings. The van der Waals surface area contributed by atoms with Crippen molar-refractivity contribution < 1.29 is 22.8 Å². The molecular formula is C19H19F3N4O3. The summed E-state index contributed by atoms with van der Waals surface area (Å²) in [6.07, 6.45) is -4.53. The molecule has 29 heavy (non-hydrogen) atoms. The van der Waals surface area contributed by atoms with Gasteiger partial charge in [0.05, 0.1) is 11.6 Å². The number of hydrogen-bond acceptors (Lipinski definition) is 4. The van der Waals surface area contributed by atoms with Crippen molar-refractivity contribution in [1.29, 1.82) is 0 Å². The third-order valence-electron chi connectivity index (χ3n) is 4.63. The third-order valence-corrected chi connectivity index (χ3v) is 4.63. The number of halogens is 3. The van der Waals surface area contributed by atoms with Crippen LogP contribution >= 0.6 is 0 Å². The van der Waals surface area contributed by atoms with Crippen LogP contribution in [-0.2, 0) is 24.1 Å². The summed E-state index contributed by atoms with van der Waals surface area (Å²) in [5.74, 6) is -0.902. The number of aryl methyl sites for hydroxylation is 1. The highest BCUT2D eigenvalue weighted by Crippen LogP contribution is 2.32. The lowest BCUT2D eigenvalue weighted by Crippen LogP contribution is -2.38. The first-order valence-electron chi connectivity index (χ1n) is 9.01. The largest absolute Gasteiger partial charge is 0.416 e. The van der Waals surface area contributed by atoms with E-state index >= 15 is 0 Å². The SMILES string of the molecule is CCn1nc(C(=O)NC2CC(=O)N(Cc3ccccc3C(F)(F)F)C2)ccc1=O. The second-order valence-corrected chi connectivity index (χ2v) is 6.68. The second-order valence-electron chi connectivity index (χ2n) is 6.68. The summed E-state index contributed by atoms with van der Waals surface area (Å²) in [7, 11) is 0. The van der Waals surface area contributed by atoms with Crippen LogP contribution in [0.5, 0.6) is 0 Å². The van der Waals surface area contributed by atoms with Crippen molar-refractivity contribution in [2.45, 2.75) is 38.7 Å². The molecule has 0 bridgehead atoms. The number of carbonyl (C=O) groups excluding carboxylic acids is 2. The van der Waals surface area contributed by atoms with Crippen LogP contribution in [0.3, 0.4) is 0 Å². The lowest BCUT2D eigenvalue weighted by molar-refractivity contribution is -0.139. The van der Waals surface area contributed by atoms with Crippen LogP contribution in [-0.4, -0.2) is 39.1 Å². The van der Waals surface area contributed by atoms with Gasteiger partial charge in [-0.3, -0.25) is 14.4 Å². The molecule has 10 heteroatoms. The summed E-state index contributed by atoms with van der Waals surface area (Å²) < 4.78 is 40.6. The Labute approximate surface area is 164 Å². The smallest absolute Gasteiger partial charge is 0.346 e. The summed E-state index contributed by atoms with van der Waals surface area (Å²) in [5.41, 5.74) is -1.10. The molecule has 3 rings (SSSR count). The molecule has 1 aromatic heterocycles. The molecule has 2 amide bonds. The van der Waals surface area contributed by atoms with Crippen molar-refractivity contribution in [3.05, 3.63) is 63.6 Å². The number of amides is 2. The van der Waals surface area contributed by atoms with Gasteiger partial charge in [0.1, 0.15) is 5.69 Å². The van der Waals surface area contributed by atoms with Gasteiger partial charge in [-0.25, -0.2) is 4.68 Å². The number of nitrogens with one attached hydrogen (secondary N) is 1. The average Bonchev–Trinajstić information content (AvgIpc) is 3.00. The topological polar surface area (TPSA) is 84.3 Å². The Morgan fingerprint density at radius 1 is 1.21 bits per heavy atom. The second kappa shape index (κ2) is 8.06. The zero-order valence-electron chi connectivity index (χ0n) is 15.6. The van der Waals surface area contributed by atoms with E-state index in [9.17, 15) is 27.6 Å². The lowest BCUT2D eigenvalue weighted by Gasteiger charge is -2.20. The number of nitrogens with zero attached hydrogens (tertiary/aromatic N) is 3. The Kier molecular flexibility index (Phi) is 5.71. The zero-order chi connectivity index (χ0) is 21.2. The van der Waals surface area contributed by atoms with Crippen LogP contribution in [0, 0.1) is 0 Å². The van der Waals surface area contributed by atoms with Gasteiger partial charge in [-0.1, -0.05) is 18.2 Å². The number of benzene rings is 1. The van der Waals surface area contributed by atoms with Gasteiger partial charge in [0.2, 0.25) is 5.91 Å². The highest BCUT2D eigenvalue weighted by Gasteiger charge is 2.36. The Hall–Kier alpha value is -3.17. The predicted molar refractivity (Wildman–Crippen MR) is 96.9 cm³/mol. The van der Waals surface area contributed by atoms with Gasteiger partial charge >= 0.3 is 6.18 Å². The zero-order valence-corrected chi connectivity index (χ0v) is 15.6. The quantitative estimate of drug-likeness (QED) is 0.818. The Bertz CT molecular complexity index is 987. The van der Waals surface area contributed by atoms with Gasteiger partial charge in [0.25, 0.3) is 11.5 Å². The fraction of sp³-hybridized carbons (Fsp3) is 0.368. The molecule has 0 spiro atoms. The minimum atomic E-state index is -4.51. The first-order valence-corrected chi connectivity index (χ1v) is 9.01. The normalized spacial score (nSPS) is 16.9. The van der Waals surface area contributed by atoms with Gasteiger partial charge in [0.15, 0.2) is 0 Å². The van der Waals surface area contributed by atoms with Crippen molar-refractivity contribution in [2.24, 2.45) is 0 Å². The molecule has 154 valence electrons. The van der Waals surface area contributed by atoms with E-state index in [-0.39, 0.29) is 42.2 Å². The van der Waals surface area contributed by atoms with Crippen molar-refractivity contribution in [3.8, 4) is 0 Å². The van der Waals surface area contributed by atoms with E-state index in [0.29, 0.717) is 6.54 Å². The van der Waals surface area contributed by atoms with E-state index in [1.54, 1.807) is 6.92 Å². The van der Waals surface area contributed by atoms with Crippen LogP contribution in [0.25, 0.3) is 0 Å². The maximum atomic E-state index is 13.2. The molecule has 1 aliphatic rings. The van der Waals surface area contributed by atoms with Gasteiger partial charge < -0.3 is 10.2 Å². The molecule has 1 N–H and O–H groups in total. The standard InChI is InChI=1S/C19H19F3N4O3/c1-2-26-16(27)8-7-15(24-26)18(29)23-13-9-17(28)25(11-13)10-12-5-3-4-6-14(12)19(20,21)22/h3-8,13H,2,9-11H2,1H3,(H,23,29). The predicted octanol–water partition coefficient (Wildman–Crippen LogP) is 1.81. The molecule has 0 radical (unpaired) electrons. The monoisotopic (exact) mass is 408 g/mol. The molecule has 2 heterocycles. The molecule has 1 aliphatic heterocycles. The highest BCUT2D eigenvalue weighted by molar-refractivity contribution is 5.93. The molecule has 1 unspecified atom stereocenters. The molecule has 1 aromatic carbocycles. The third kappa shape index (κ3) is 4.64. The van der Waals surface area contributed by atoms with E-state index in [4.69, 9.17) is 0 Å². The van der Waals surface area contributed by atoms with Gasteiger partial charge in [0, 0.05) is 32.1 Å². The fourth-order valence-corrected chi connectivity index (χ4v) is 3.22. The van der Waals surface area contributed by atoms with Crippen molar-refractivity contribution in [3.63, 3.8) is 0 Å². The van der Waals surface area contributed by atoms with E-state index in [1.807, 2.05) is 0 Å². The summed E-state index contributed by atoms with van der Waals surface area (Å²) >= 11 is 0. The van der Waals surface area contributed by atoms with Crippen LogP contribution in [0.2, 0.25) is 0 Å². The van der Waals surface area contributed by atoms with Crippen LogP contribution < -0.4 is 10.9 Å². The van der Waals surface area contributed by atoms with Crippen LogP contribution in [0.15, 0.2) is 41.2 Å². The van der Waals surface area contributed by atoms with E-state index < -0.39 is 23.7 Å². The van der Waals surface area contributed by atoms with E-state index in [1.165, 1.54) is 35.2 Å². The minimum absolute atomic E-state index is 0.00276. The van der Waals surface area contributed by atoms with Crippen LogP contribution in [0.4, 0.5) is 13.2 Å². The van der Waals surface area contributed by atoms with E-state index in [2.05, 4.69) is 10.4 Å². The summed E-state index contributed by atoms with van der Waals surface area (Å²) in [4.78, 5) is 37.5. The van der Waals surface area contributed by atoms with Crippen molar-refractivity contribution >= 4 is 11.8 Å². The first kappa shape index (κ1) is 20.6. The maximum Gasteiger partial charge on any atom is 0.416 e. The summed E-state index contributed by atoms with van der Waals surface area (Å²) in [5, 5.41) is 6.60. The Morgan fingerprint density at radius 2 is 1.93 bits per heavy atom. The molecule has 0 saturated carbocycles. The van der Waals surface area contributed by atoms with Gasteiger partial charge in [-0.05, 0) is 24.6 Å². The molecule has 7 nitrogen and oxygen atoms in total. The Morgan fingerprint density at radius 3 is 2.62 bits per heavy atom. The lowest BCUT2D eigenvalue weighted by atomic mass is 10.1. The van der Waals surface area contributed by atoms with Crippen molar-refractivity contribution in [1.82, 2.24) is 20.0 Å². The fourth-order valence-electron chi connectivity index (χ4n) is 3.22. The number of rotatable bonds is 5. The first-order chi connectivity index (χ1) is 13.7. The average molecular weight is 408 g/mol. The number of carbonyl (C=O) groups is 2. The van der Waals surface area contributed by atoms with Crippen LogP contribution in [0.1, 0.15) is 35.0 Å². The molecule has 1 atom stereocenters. The molecule has 2 aromatic rings. The van der Waals surface area contributed by atoms with Gasteiger partial charge in [-0.15, -0.1) is 0 Å². The Balaban J connectivity index is 1.68. The number of aromatic nitrogens is 2. The number of likely N-dealkylation sites (tertiary alicyclic amines) is 1. The highest BCUT2D eigenvalue weighted by atomic mass is 19.4.